The summed E-state index contributed by atoms with van der Waals surface area (Å²) in [6.45, 7) is 4.03. The lowest BCUT2D eigenvalue weighted by Gasteiger charge is -2.08. The van der Waals surface area contributed by atoms with Crippen LogP contribution in [0.5, 0.6) is 0 Å². The second kappa shape index (κ2) is 4.08. The maximum absolute atomic E-state index is 5.90. The van der Waals surface area contributed by atoms with Crippen molar-refractivity contribution in [2.75, 3.05) is 0 Å². The van der Waals surface area contributed by atoms with E-state index in [-0.39, 0.29) is 12.0 Å². The highest BCUT2D eigenvalue weighted by molar-refractivity contribution is 7.13. The molecule has 0 aromatic carbocycles. The van der Waals surface area contributed by atoms with Crippen molar-refractivity contribution < 1.29 is 4.52 Å². The molecule has 2 heterocycles. The van der Waals surface area contributed by atoms with Crippen molar-refractivity contribution in [2.45, 2.75) is 19.9 Å². The van der Waals surface area contributed by atoms with Crippen LogP contribution < -0.4 is 5.73 Å². The highest BCUT2D eigenvalue weighted by atomic mass is 32.1. The molecule has 0 amide bonds. The van der Waals surface area contributed by atoms with Crippen LogP contribution in [-0.2, 0) is 0 Å². The average Bonchev–Trinajstić information content (AvgIpc) is 2.86. The molecule has 0 aliphatic heterocycles. The van der Waals surface area contributed by atoms with Crippen LogP contribution in [0, 0.1) is 5.92 Å². The Morgan fingerprint density at radius 2 is 2.27 bits per heavy atom. The Bertz CT molecular complexity index is 423. The molecule has 0 radical (unpaired) electrons. The van der Waals surface area contributed by atoms with Crippen LogP contribution >= 0.6 is 11.3 Å². The molecular weight excluding hydrogens is 212 g/mol. The molecule has 6 heteroatoms. The van der Waals surface area contributed by atoms with Crippen LogP contribution in [0.3, 0.4) is 0 Å². The quantitative estimate of drug-likeness (QED) is 0.860. The Kier molecular flexibility index (Phi) is 2.79. The number of hydrogen-bond acceptors (Lipinski definition) is 6. The van der Waals surface area contributed by atoms with Gasteiger partial charge in [0.25, 0.3) is 0 Å². The predicted molar refractivity (Wildman–Crippen MR) is 57.2 cm³/mol. The highest BCUT2D eigenvalue weighted by Gasteiger charge is 2.18. The molecule has 0 saturated heterocycles. The van der Waals surface area contributed by atoms with Crippen molar-refractivity contribution >= 4 is 11.3 Å². The minimum atomic E-state index is -0.209. The first-order valence-corrected chi connectivity index (χ1v) is 5.54. The lowest BCUT2D eigenvalue weighted by Crippen LogP contribution is -2.16. The topological polar surface area (TPSA) is 77.8 Å². The average molecular weight is 224 g/mol. The SMILES string of the molecule is CC(C)[C@@H](N)c1nc(-c2cncs2)no1. The van der Waals surface area contributed by atoms with E-state index in [1.807, 2.05) is 13.8 Å². The number of nitrogens with zero attached hydrogens (tertiary/aromatic N) is 3. The minimum Gasteiger partial charge on any atom is -0.337 e. The third-order valence-electron chi connectivity index (χ3n) is 2.10. The maximum atomic E-state index is 5.90. The van der Waals surface area contributed by atoms with Gasteiger partial charge in [-0.3, -0.25) is 4.98 Å². The van der Waals surface area contributed by atoms with Gasteiger partial charge in [-0.2, -0.15) is 4.98 Å². The number of aromatic nitrogens is 3. The first kappa shape index (κ1) is 10.3. The normalized spacial score (nSPS) is 13.3. The van der Waals surface area contributed by atoms with Gasteiger partial charge in [0, 0.05) is 6.20 Å². The molecule has 2 N–H and O–H groups in total. The molecule has 15 heavy (non-hydrogen) atoms. The van der Waals surface area contributed by atoms with Gasteiger partial charge in [0.2, 0.25) is 11.7 Å². The first-order valence-electron chi connectivity index (χ1n) is 4.66. The van der Waals surface area contributed by atoms with Gasteiger partial charge in [-0.25, -0.2) is 0 Å². The van der Waals surface area contributed by atoms with Crippen LogP contribution in [0.2, 0.25) is 0 Å². The van der Waals surface area contributed by atoms with Crippen LogP contribution in [0.4, 0.5) is 0 Å². The molecule has 80 valence electrons. The number of nitrogens with two attached hydrogens (primary N) is 1. The van der Waals surface area contributed by atoms with E-state index >= 15 is 0 Å². The van der Waals surface area contributed by atoms with Gasteiger partial charge >= 0.3 is 0 Å². The third kappa shape index (κ3) is 2.05. The zero-order chi connectivity index (χ0) is 10.8. The van der Waals surface area contributed by atoms with Crippen molar-refractivity contribution in [1.29, 1.82) is 0 Å². The second-order valence-corrected chi connectivity index (χ2v) is 4.48. The van der Waals surface area contributed by atoms with Crippen molar-refractivity contribution in [3.8, 4) is 10.7 Å². The summed E-state index contributed by atoms with van der Waals surface area (Å²) in [6, 6.07) is -0.209. The van der Waals surface area contributed by atoms with E-state index in [2.05, 4.69) is 15.1 Å². The summed E-state index contributed by atoms with van der Waals surface area (Å²) in [5.41, 5.74) is 7.63. The summed E-state index contributed by atoms with van der Waals surface area (Å²) in [5.74, 6) is 1.32. The maximum Gasteiger partial charge on any atom is 0.244 e. The molecule has 0 unspecified atom stereocenters. The monoisotopic (exact) mass is 224 g/mol. The summed E-state index contributed by atoms with van der Waals surface area (Å²) in [5, 5.41) is 3.87. The summed E-state index contributed by atoms with van der Waals surface area (Å²) in [7, 11) is 0. The van der Waals surface area contributed by atoms with Gasteiger partial charge in [-0.1, -0.05) is 19.0 Å². The fraction of sp³-hybridized carbons (Fsp3) is 0.444. The van der Waals surface area contributed by atoms with E-state index in [1.165, 1.54) is 11.3 Å². The largest absolute Gasteiger partial charge is 0.337 e. The van der Waals surface area contributed by atoms with E-state index in [9.17, 15) is 0 Å². The van der Waals surface area contributed by atoms with Gasteiger partial charge < -0.3 is 10.3 Å². The van der Waals surface area contributed by atoms with E-state index in [1.54, 1.807) is 11.7 Å². The van der Waals surface area contributed by atoms with Gasteiger partial charge in [0.15, 0.2) is 0 Å². The molecule has 0 bridgehead atoms. The zero-order valence-corrected chi connectivity index (χ0v) is 9.36. The molecule has 0 spiro atoms. The third-order valence-corrected chi connectivity index (χ3v) is 2.87. The Morgan fingerprint density at radius 3 is 2.87 bits per heavy atom. The fourth-order valence-electron chi connectivity index (χ4n) is 1.08. The summed E-state index contributed by atoms with van der Waals surface area (Å²) < 4.78 is 5.10. The molecule has 5 nitrogen and oxygen atoms in total. The number of thiazole rings is 1. The Labute approximate surface area is 91.3 Å². The number of rotatable bonds is 3. The molecule has 0 aliphatic rings. The minimum absolute atomic E-state index is 0.209. The summed E-state index contributed by atoms with van der Waals surface area (Å²) >= 11 is 1.47. The lowest BCUT2D eigenvalue weighted by atomic mass is 10.1. The Hall–Kier alpha value is -1.27. The van der Waals surface area contributed by atoms with E-state index in [0.717, 1.165) is 4.88 Å². The van der Waals surface area contributed by atoms with Crippen LogP contribution in [0.25, 0.3) is 10.7 Å². The second-order valence-electron chi connectivity index (χ2n) is 3.59. The van der Waals surface area contributed by atoms with E-state index in [4.69, 9.17) is 10.3 Å². The smallest absolute Gasteiger partial charge is 0.244 e. The highest BCUT2D eigenvalue weighted by Crippen LogP contribution is 2.23. The molecule has 0 fully saturated rings. The molecule has 2 aromatic rings. The Balaban J connectivity index is 2.25. The molecule has 0 saturated carbocycles. The number of hydrogen-bond donors (Lipinski definition) is 1. The fourth-order valence-corrected chi connectivity index (χ4v) is 1.63. The van der Waals surface area contributed by atoms with E-state index in [0.29, 0.717) is 11.7 Å². The Morgan fingerprint density at radius 1 is 1.47 bits per heavy atom. The molecule has 2 rings (SSSR count). The summed E-state index contributed by atoms with van der Waals surface area (Å²) in [6.07, 6.45) is 1.71. The van der Waals surface area contributed by atoms with Crippen LogP contribution in [-0.4, -0.2) is 15.1 Å². The molecule has 1 atom stereocenters. The summed E-state index contributed by atoms with van der Waals surface area (Å²) in [4.78, 5) is 9.08. The lowest BCUT2D eigenvalue weighted by molar-refractivity contribution is 0.325. The van der Waals surface area contributed by atoms with Crippen molar-refractivity contribution in [1.82, 2.24) is 15.1 Å². The predicted octanol–water partition coefficient (Wildman–Crippen LogP) is 1.85. The van der Waals surface area contributed by atoms with Gasteiger partial charge in [-0.05, 0) is 5.92 Å². The van der Waals surface area contributed by atoms with Crippen LogP contribution in [0.15, 0.2) is 16.2 Å². The van der Waals surface area contributed by atoms with Crippen LogP contribution in [0.1, 0.15) is 25.8 Å². The molecule has 0 aliphatic carbocycles. The van der Waals surface area contributed by atoms with Crippen molar-refractivity contribution in [3.63, 3.8) is 0 Å². The molecular formula is C9H12N4OS. The zero-order valence-electron chi connectivity index (χ0n) is 8.54. The van der Waals surface area contributed by atoms with Gasteiger partial charge in [-0.15, -0.1) is 11.3 Å². The van der Waals surface area contributed by atoms with E-state index < -0.39 is 0 Å². The standard InChI is InChI=1S/C9H12N4OS/c1-5(2)7(10)9-12-8(13-14-9)6-3-11-4-15-6/h3-5,7H,10H2,1-2H3/t7-/m1/s1. The van der Waals surface area contributed by atoms with Crippen molar-refractivity contribution in [2.24, 2.45) is 11.7 Å². The first-order chi connectivity index (χ1) is 7.18. The molecule has 2 aromatic heterocycles. The van der Waals surface area contributed by atoms with Gasteiger partial charge in [0.05, 0.1) is 16.4 Å². The van der Waals surface area contributed by atoms with Gasteiger partial charge in [0.1, 0.15) is 0 Å². The van der Waals surface area contributed by atoms with Crippen molar-refractivity contribution in [3.05, 3.63) is 17.6 Å².